The predicted molar refractivity (Wildman–Crippen MR) is 87.5 cm³/mol. The zero-order chi connectivity index (χ0) is 14.8. The third kappa shape index (κ3) is 3.51. The molecule has 0 bridgehead atoms. The van der Waals surface area contributed by atoms with Crippen LogP contribution in [-0.4, -0.2) is 39.2 Å². The molecule has 0 radical (unpaired) electrons. The number of aromatic nitrogens is 2. The normalized spacial score (nSPS) is 14.2. The molecule has 20 heavy (non-hydrogen) atoms. The van der Waals surface area contributed by atoms with Crippen LogP contribution in [0.15, 0.2) is 6.07 Å². The van der Waals surface area contributed by atoms with Crippen LogP contribution in [0.2, 0.25) is 0 Å². The van der Waals surface area contributed by atoms with E-state index in [1.165, 1.54) is 0 Å². The van der Waals surface area contributed by atoms with E-state index >= 15 is 0 Å². The van der Waals surface area contributed by atoms with Gasteiger partial charge in [0.1, 0.15) is 10.6 Å². The SMILES string of the molecule is CSCC(C)(O)CNc1nc(NN)nc2sc(C)cc12. The maximum absolute atomic E-state index is 10.2. The van der Waals surface area contributed by atoms with E-state index in [9.17, 15) is 5.11 Å². The summed E-state index contributed by atoms with van der Waals surface area (Å²) in [5.74, 6) is 7.10. The van der Waals surface area contributed by atoms with Gasteiger partial charge >= 0.3 is 0 Å². The molecule has 0 saturated heterocycles. The fraction of sp³-hybridized carbons (Fsp3) is 0.500. The van der Waals surface area contributed by atoms with Gasteiger partial charge in [-0.05, 0) is 26.2 Å². The summed E-state index contributed by atoms with van der Waals surface area (Å²) in [5.41, 5.74) is 1.68. The predicted octanol–water partition coefficient (Wildman–Crippen LogP) is 1.81. The molecule has 1 unspecified atom stereocenters. The van der Waals surface area contributed by atoms with Gasteiger partial charge < -0.3 is 10.4 Å². The zero-order valence-corrected chi connectivity index (χ0v) is 13.4. The van der Waals surface area contributed by atoms with Crippen molar-refractivity contribution in [3.8, 4) is 0 Å². The molecule has 0 aliphatic carbocycles. The van der Waals surface area contributed by atoms with Crippen LogP contribution in [-0.2, 0) is 0 Å². The third-order valence-corrected chi connectivity index (χ3v) is 4.59. The van der Waals surface area contributed by atoms with Crippen molar-refractivity contribution in [2.45, 2.75) is 19.4 Å². The van der Waals surface area contributed by atoms with Crippen LogP contribution in [0, 0.1) is 6.92 Å². The second-order valence-electron chi connectivity index (χ2n) is 4.90. The number of rotatable bonds is 6. The molecular formula is C12H19N5OS2. The Balaban J connectivity index is 2.28. The molecule has 110 valence electrons. The highest BCUT2D eigenvalue weighted by atomic mass is 32.2. The molecule has 0 aromatic carbocycles. The summed E-state index contributed by atoms with van der Waals surface area (Å²) in [5, 5.41) is 14.4. The monoisotopic (exact) mass is 313 g/mol. The summed E-state index contributed by atoms with van der Waals surface area (Å²) in [7, 11) is 0. The quantitative estimate of drug-likeness (QED) is 0.477. The minimum absolute atomic E-state index is 0.367. The van der Waals surface area contributed by atoms with Crippen molar-refractivity contribution in [3.63, 3.8) is 0 Å². The largest absolute Gasteiger partial charge is 0.387 e. The molecule has 0 saturated carbocycles. The number of hydrogen-bond acceptors (Lipinski definition) is 8. The lowest BCUT2D eigenvalue weighted by atomic mass is 10.1. The van der Waals surface area contributed by atoms with Gasteiger partial charge in [-0.25, -0.2) is 10.8 Å². The lowest BCUT2D eigenvalue weighted by Crippen LogP contribution is -2.36. The van der Waals surface area contributed by atoms with Crippen molar-refractivity contribution in [1.29, 1.82) is 0 Å². The Morgan fingerprint density at radius 1 is 1.50 bits per heavy atom. The number of nitrogens with one attached hydrogen (secondary N) is 2. The minimum atomic E-state index is -0.794. The van der Waals surface area contributed by atoms with E-state index in [1.54, 1.807) is 30.0 Å². The zero-order valence-electron chi connectivity index (χ0n) is 11.7. The standard InChI is InChI=1S/C12H19N5OS2/c1-7-4-8-9(14-5-12(2,18)6-19-3)15-11(17-13)16-10(8)20-7/h4,18H,5-6,13H2,1-3H3,(H2,14,15,16,17). The fourth-order valence-corrected chi connectivity index (χ4v) is 3.48. The molecule has 0 spiro atoms. The van der Waals surface area contributed by atoms with E-state index in [-0.39, 0.29) is 0 Å². The van der Waals surface area contributed by atoms with Crippen molar-refractivity contribution in [1.82, 2.24) is 9.97 Å². The van der Waals surface area contributed by atoms with Gasteiger partial charge in [-0.2, -0.15) is 16.7 Å². The van der Waals surface area contributed by atoms with Gasteiger partial charge in [0.25, 0.3) is 0 Å². The van der Waals surface area contributed by atoms with E-state index in [4.69, 9.17) is 5.84 Å². The summed E-state index contributed by atoms with van der Waals surface area (Å²) in [6.07, 6.45) is 1.97. The Morgan fingerprint density at radius 3 is 2.90 bits per heavy atom. The lowest BCUT2D eigenvalue weighted by molar-refractivity contribution is 0.0996. The van der Waals surface area contributed by atoms with Gasteiger partial charge in [0, 0.05) is 17.2 Å². The van der Waals surface area contributed by atoms with Crippen LogP contribution in [0.1, 0.15) is 11.8 Å². The number of thioether (sulfide) groups is 1. The molecule has 2 heterocycles. The van der Waals surface area contributed by atoms with Gasteiger partial charge in [0.2, 0.25) is 5.95 Å². The molecule has 0 aliphatic rings. The Hall–Kier alpha value is -1.09. The number of aliphatic hydroxyl groups is 1. The highest BCUT2D eigenvalue weighted by molar-refractivity contribution is 7.98. The summed E-state index contributed by atoms with van der Waals surface area (Å²) in [6, 6.07) is 2.03. The van der Waals surface area contributed by atoms with Crippen LogP contribution in [0.3, 0.4) is 0 Å². The first kappa shape index (κ1) is 15.3. The molecule has 2 aromatic rings. The van der Waals surface area contributed by atoms with Crippen molar-refractivity contribution >= 4 is 45.1 Å². The van der Waals surface area contributed by atoms with E-state index in [0.29, 0.717) is 24.1 Å². The average molecular weight is 313 g/mol. The second-order valence-corrected chi connectivity index (χ2v) is 7.00. The Labute approximate surface area is 126 Å². The Morgan fingerprint density at radius 2 is 2.25 bits per heavy atom. The molecule has 0 fully saturated rings. The van der Waals surface area contributed by atoms with Crippen molar-refractivity contribution in [2.24, 2.45) is 5.84 Å². The van der Waals surface area contributed by atoms with Gasteiger partial charge in [0.15, 0.2) is 0 Å². The van der Waals surface area contributed by atoms with Crippen molar-refractivity contribution in [2.75, 3.05) is 29.3 Å². The molecule has 5 N–H and O–H groups in total. The first-order valence-corrected chi connectivity index (χ1v) is 8.36. The summed E-state index contributed by atoms with van der Waals surface area (Å²) in [6.45, 7) is 4.24. The molecule has 0 amide bonds. The second kappa shape index (κ2) is 6.13. The molecule has 2 rings (SSSR count). The fourth-order valence-electron chi connectivity index (χ4n) is 1.88. The van der Waals surface area contributed by atoms with E-state index in [2.05, 4.69) is 20.7 Å². The molecular weight excluding hydrogens is 294 g/mol. The molecule has 8 heteroatoms. The smallest absolute Gasteiger partial charge is 0.240 e. The first-order chi connectivity index (χ1) is 9.45. The lowest BCUT2D eigenvalue weighted by Gasteiger charge is -2.23. The van der Waals surface area contributed by atoms with Gasteiger partial charge in [-0.1, -0.05) is 0 Å². The number of fused-ring (bicyclic) bond motifs is 1. The first-order valence-electron chi connectivity index (χ1n) is 6.15. The topological polar surface area (TPSA) is 96.1 Å². The van der Waals surface area contributed by atoms with Crippen LogP contribution in [0.25, 0.3) is 10.2 Å². The maximum Gasteiger partial charge on any atom is 0.240 e. The van der Waals surface area contributed by atoms with Gasteiger partial charge in [0.05, 0.1) is 11.0 Å². The number of nitrogens with zero attached hydrogens (tertiary/aromatic N) is 2. The number of nitrogens with two attached hydrogens (primary N) is 1. The maximum atomic E-state index is 10.2. The number of aryl methyl sites for hydroxylation is 1. The molecule has 6 nitrogen and oxygen atoms in total. The number of hydrogen-bond donors (Lipinski definition) is 4. The van der Waals surface area contributed by atoms with Gasteiger partial charge in [-0.15, -0.1) is 11.3 Å². The molecule has 0 aliphatic heterocycles. The highest BCUT2D eigenvalue weighted by Gasteiger charge is 2.20. The van der Waals surface area contributed by atoms with Crippen LogP contribution < -0.4 is 16.6 Å². The number of nitrogen functional groups attached to an aromatic ring is 1. The van der Waals surface area contributed by atoms with Crippen LogP contribution in [0.5, 0.6) is 0 Å². The number of thiophene rings is 1. The average Bonchev–Trinajstić information content (AvgIpc) is 2.76. The summed E-state index contributed by atoms with van der Waals surface area (Å²) < 4.78 is 0. The van der Waals surface area contributed by atoms with E-state index in [1.807, 2.05) is 19.2 Å². The van der Waals surface area contributed by atoms with Crippen molar-refractivity contribution in [3.05, 3.63) is 10.9 Å². The molecule has 2 aromatic heterocycles. The van der Waals surface area contributed by atoms with E-state index < -0.39 is 5.60 Å². The minimum Gasteiger partial charge on any atom is -0.387 e. The van der Waals surface area contributed by atoms with E-state index in [0.717, 1.165) is 15.1 Å². The highest BCUT2D eigenvalue weighted by Crippen LogP contribution is 2.29. The van der Waals surface area contributed by atoms with Crippen molar-refractivity contribution < 1.29 is 5.11 Å². The number of hydrazine groups is 1. The van der Waals surface area contributed by atoms with Gasteiger partial charge in [-0.3, -0.25) is 5.43 Å². The molecule has 1 atom stereocenters. The van der Waals surface area contributed by atoms with Crippen LogP contribution in [0.4, 0.5) is 11.8 Å². The van der Waals surface area contributed by atoms with Crippen LogP contribution >= 0.6 is 23.1 Å². The Kier molecular flexibility index (Phi) is 4.69. The summed E-state index contributed by atoms with van der Waals surface area (Å²) >= 11 is 3.19. The number of anilines is 2. The summed E-state index contributed by atoms with van der Waals surface area (Å²) in [4.78, 5) is 10.7. The third-order valence-electron chi connectivity index (χ3n) is 2.74. The Bertz CT molecular complexity index is 599.